The van der Waals surface area contributed by atoms with E-state index in [1.165, 1.54) is 0 Å². The van der Waals surface area contributed by atoms with Gasteiger partial charge >= 0.3 is 0 Å². The topological polar surface area (TPSA) is 75.4 Å². The fourth-order valence-corrected chi connectivity index (χ4v) is 1.34. The zero-order chi connectivity index (χ0) is 11.4. The summed E-state index contributed by atoms with van der Waals surface area (Å²) >= 11 is 0. The van der Waals surface area contributed by atoms with Crippen LogP contribution in [0.4, 0.5) is 0 Å². The molecule has 0 saturated heterocycles. The SMILES string of the molecule is CC[C@@H](CO)NC(=O)c1c(C)noc1C. The van der Waals surface area contributed by atoms with E-state index in [1.807, 2.05) is 6.92 Å². The molecule has 1 amide bonds. The first kappa shape index (κ1) is 11.7. The van der Waals surface area contributed by atoms with E-state index >= 15 is 0 Å². The van der Waals surface area contributed by atoms with E-state index in [0.29, 0.717) is 23.4 Å². The lowest BCUT2D eigenvalue weighted by Gasteiger charge is -2.13. The summed E-state index contributed by atoms with van der Waals surface area (Å²) in [5.41, 5.74) is 1.03. The number of hydrogen-bond acceptors (Lipinski definition) is 4. The van der Waals surface area contributed by atoms with Gasteiger partial charge in [0, 0.05) is 0 Å². The fourth-order valence-electron chi connectivity index (χ4n) is 1.34. The van der Waals surface area contributed by atoms with Gasteiger partial charge in [-0.3, -0.25) is 4.79 Å². The molecular formula is C10H16N2O3. The lowest BCUT2D eigenvalue weighted by molar-refractivity contribution is 0.0913. The van der Waals surface area contributed by atoms with E-state index < -0.39 is 0 Å². The zero-order valence-corrected chi connectivity index (χ0v) is 9.20. The van der Waals surface area contributed by atoms with Crippen molar-refractivity contribution in [2.45, 2.75) is 33.2 Å². The summed E-state index contributed by atoms with van der Waals surface area (Å²) in [6, 6.07) is -0.216. The maximum absolute atomic E-state index is 11.8. The van der Waals surface area contributed by atoms with Crippen LogP contribution in [0.2, 0.25) is 0 Å². The molecule has 0 spiro atoms. The first-order chi connectivity index (χ1) is 7.10. The van der Waals surface area contributed by atoms with Crippen LogP contribution in [-0.2, 0) is 0 Å². The Morgan fingerprint density at radius 1 is 1.60 bits per heavy atom. The molecule has 1 heterocycles. The quantitative estimate of drug-likeness (QED) is 0.773. The van der Waals surface area contributed by atoms with Gasteiger partial charge in [0.05, 0.1) is 18.3 Å². The van der Waals surface area contributed by atoms with E-state index in [4.69, 9.17) is 9.63 Å². The second-order valence-electron chi connectivity index (χ2n) is 3.46. The van der Waals surface area contributed by atoms with Crippen molar-refractivity contribution in [3.63, 3.8) is 0 Å². The second kappa shape index (κ2) is 4.93. The Kier molecular flexibility index (Phi) is 3.85. The number of aromatic nitrogens is 1. The molecule has 2 N–H and O–H groups in total. The minimum Gasteiger partial charge on any atom is -0.394 e. The van der Waals surface area contributed by atoms with Gasteiger partial charge in [0.25, 0.3) is 5.91 Å². The van der Waals surface area contributed by atoms with E-state index in [0.717, 1.165) is 0 Å². The van der Waals surface area contributed by atoms with Gasteiger partial charge in [0.1, 0.15) is 11.3 Å². The van der Waals surface area contributed by atoms with Gasteiger partial charge in [0.2, 0.25) is 0 Å². The van der Waals surface area contributed by atoms with Crippen LogP contribution in [0.5, 0.6) is 0 Å². The van der Waals surface area contributed by atoms with Gasteiger partial charge in [-0.25, -0.2) is 0 Å². The van der Waals surface area contributed by atoms with Crippen molar-refractivity contribution in [1.29, 1.82) is 0 Å². The Morgan fingerprint density at radius 3 is 2.67 bits per heavy atom. The van der Waals surface area contributed by atoms with Gasteiger partial charge in [-0.05, 0) is 20.3 Å². The minimum atomic E-state index is -0.243. The van der Waals surface area contributed by atoms with E-state index in [1.54, 1.807) is 13.8 Å². The molecule has 0 fully saturated rings. The molecule has 0 unspecified atom stereocenters. The van der Waals surface area contributed by atoms with Crippen LogP contribution in [0, 0.1) is 13.8 Å². The molecule has 5 nitrogen and oxygen atoms in total. The van der Waals surface area contributed by atoms with Crippen molar-refractivity contribution in [2.24, 2.45) is 0 Å². The third kappa shape index (κ3) is 2.56. The molecule has 0 aliphatic carbocycles. The van der Waals surface area contributed by atoms with Crippen LogP contribution in [0.3, 0.4) is 0 Å². The summed E-state index contributed by atoms with van der Waals surface area (Å²) in [7, 11) is 0. The number of carbonyl (C=O) groups is 1. The number of aliphatic hydroxyl groups is 1. The largest absolute Gasteiger partial charge is 0.394 e. The highest BCUT2D eigenvalue weighted by Gasteiger charge is 2.19. The molecule has 5 heteroatoms. The highest BCUT2D eigenvalue weighted by atomic mass is 16.5. The van der Waals surface area contributed by atoms with E-state index in [9.17, 15) is 4.79 Å². The predicted octanol–water partition coefficient (Wildman–Crippen LogP) is 0.792. The first-order valence-electron chi connectivity index (χ1n) is 4.94. The number of hydrogen-bond donors (Lipinski definition) is 2. The van der Waals surface area contributed by atoms with Crippen LogP contribution in [-0.4, -0.2) is 28.8 Å². The summed E-state index contributed by atoms with van der Waals surface area (Å²) in [5, 5.41) is 15.4. The highest BCUT2D eigenvalue weighted by Crippen LogP contribution is 2.12. The summed E-state index contributed by atoms with van der Waals surface area (Å²) in [4.78, 5) is 11.8. The molecule has 0 radical (unpaired) electrons. The average molecular weight is 212 g/mol. The Hall–Kier alpha value is -1.36. The zero-order valence-electron chi connectivity index (χ0n) is 9.20. The number of aliphatic hydroxyl groups excluding tert-OH is 1. The Bertz CT molecular complexity index is 323. The number of nitrogens with zero attached hydrogens (tertiary/aromatic N) is 1. The Labute approximate surface area is 88.5 Å². The number of rotatable bonds is 4. The number of carbonyl (C=O) groups excluding carboxylic acids is 1. The number of amides is 1. The lowest BCUT2D eigenvalue weighted by atomic mass is 10.1. The monoisotopic (exact) mass is 212 g/mol. The molecular weight excluding hydrogens is 196 g/mol. The summed E-state index contributed by atoms with van der Waals surface area (Å²) < 4.78 is 4.89. The summed E-state index contributed by atoms with van der Waals surface area (Å²) in [6.07, 6.45) is 0.686. The Balaban J connectivity index is 2.77. The van der Waals surface area contributed by atoms with Crippen LogP contribution in [0.25, 0.3) is 0 Å². The highest BCUT2D eigenvalue weighted by molar-refractivity contribution is 5.96. The molecule has 15 heavy (non-hydrogen) atoms. The molecule has 0 aromatic carbocycles. The number of nitrogens with one attached hydrogen (secondary N) is 1. The maximum Gasteiger partial charge on any atom is 0.257 e. The van der Waals surface area contributed by atoms with Crippen LogP contribution in [0.1, 0.15) is 35.2 Å². The minimum absolute atomic E-state index is 0.0639. The standard InChI is InChI=1S/C10H16N2O3/c1-4-8(5-13)11-10(14)9-6(2)12-15-7(9)3/h8,13H,4-5H2,1-3H3,(H,11,14)/t8-/m0/s1. The van der Waals surface area contributed by atoms with Gasteiger partial charge in [-0.15, -0.1) is 0 Å². The third-order valence-corrected chi connectivity index (χ3v) is 2.31. The normalized spacial score (nSPS) is 12.5. The molecule has 0 aliphatic heterocycles. The van der Waals surface area contributed by atoms with Crippen LogP contribution in [0.15, 0.2) is 4.52 Å². The summed E-state index contributed by atoms with van der Waals surface area (Å²) in [5.74, 6) is 0.255. The van der Waals surface area contributed by atoms with Crippen LogP contribution >= 0.6 is 0 Å². The van der Waals surface area contributed by atoms with Crippen molar-refractivity contribution >= 4 is 5.91 Å². The second-order valence-corrected chi connectivity index (χ2v) is 3.46. The van der Waals surface area contributed by atoms with E-state index in [-0.39, 0.29) is 18.6 Å². The van der Waals surface area contributed by atoms with Crippen molar-refractivity contribution in [3.8, 4) is 0 Å². The van der Waals surface area contributed by atoms with Crippen molar-refractivity contribution in [2.75, 3.05) is 6.61 Å². The van der Waals surface area contributed by atoms with Gasteiger partial charge < -0.3 is 14.9 Å². The third-order valence-electron chi connectivity index (χ3n) is 2.31. The van der Waals surface area contributed by atoms with Crippen LogP contribution < -0.4 is 5.32 Å². The molecule has 0 aliphatic rings. The van der Waals surface area contributed by atoms with Gasteiger partial charge in [-0.1, -0.05) is 12.1 Å². The summed E-state index contributed by atoms with van der Waals surface area (Å²) in [6.45, 7) is 5.24. The average Bonchev–Trinajstić information content (AvgIpc) is 2.55. The smallest absolute Gasteiger partial charge is 0.257 e. The van der Waals surface area contributed by atoms with E-state index in [2.05, 4.69) is 10.5 Å². The van der Waals surface area contributed by atoms with Gasteiger partial charge in [0.15, 0.2) is 0 Å². The molecule has 1 aromatic rings. The predicted molar refractivity (Wildman–Crippen MR) is 54.6 cm³/mol. The number of aryl methyl sites for hydroxylation is 2. The Morgan fingerprint density at radius 2 is 2.27 bits per heavy atom. The fraction of sp³-hybridized carbons (Fsp3) is 0.600. The molecule has 84 valence electrons. The molecule has 0 saturated carbocycles. The lowest BCUT2D eigenvalue weighted by Crippen LogP contribution is -2.37. The molecule has 1 aromatic heterocycles. The van der Waals surface area contributed by atoms with Crippen molar-refractivity contribution < 1.29 is 14.4 Å². The molecule has 1 rings (SSSR count). The molecule has 1 atom stereocenters. The van der Waals surface area contributed by atoms with Gasteiger partial charge in [-0.2, -0.15) is 0 Å². The molecule has 0 bridgehead atoms. The van der Waals surface area contributed by atoms with Crippen molar-refractivity contribution in [3.05, 3.63) is 17.0 Å². The van der Waals surface area contributed by atoms with Crippen molar-refractivity contribution in [1.82, 2.24) is 10.5 Å². The first-order valence-corrected chi connectivity index (χ1v) is 4.94. The maximum atomic E-state index is 11.8.